The summed E-state index contributed by atoms with van der Waals surface area (Å²) in [7, 11) is 1.51. The van der Waals surface area contributed by atoms with Crippen molar-refractivity contribution >= 4 is 33.4 Å². The zero-order chi connectivity index (χ0) is 18.7. The van der Waals surface area contributed by atoms with E-state index in [1.54, 1.807) is 44.9 Å². The van der Waals surface area contributed by atoms with Crippen molar-refractivity contribution < 1.29 is 9.59 Å². The van der Waals surface area contributed by atoms with Gasteiger partial charge in [-0.1, -0.05) is 0 Å². The SMILES string of the molecule is CCn1cc(NC(=O)c2ccn(Cn3cc(Br)cn3)n2)c(C(=O)NC)n1. The van der Waals surface area contributed by atoms with Crippen molar-refractivity contribution in [2.45, 2.75) is 20.1 Å². The van der Waals surface area contributed by atoms with E-state index in [4.69, 9.17) is 0 Å². The molecule has 0 aromatic carbocycles. The summed E-state index contributed by atoms with van der Waals surface area (Å²) in [4.78, 5) is 24.4. The van der Waals surface area contributed by atoms with Crippen LogP contribution in [0.5, 0.6) is 0 Å². The molecule has 0 atom stereocenters. The number of nitrogens with one attached hydrogen (secondary N) is 2. The number of carbonyl (C=O) groups is 2. The van der Waals surface area contributed by atoms with Crippen LogP contribution in [0.3, 0.4) is 0 Å². The molecule has 0 spiro atoms. The molecule has 3 aromatic rings. The van der Waals surface area contributed by atoms with Crippen molar-refractivity contribution in [1.82, 2.24) is 34.7 Å². The topological polar surface area (TPSA) is 112 Å². The molecule has 0 bridgehead atoms. The molecule has 26 heavy (non-hydrogen) atoms. The zero-order valence-electron chi connectivity index (χ0n) is 14.2. The highest BCUT2D eigenvalue weighted by atomic mass is 79.9. The number of aryl methyl sites for hydroxylation is 1. The summed E-state index contributed by atoms with van der Waals surface area (Å²) in [6, 6.07) is 1.59. The lowest BCUT2D eigenvalue weighted by atomic mass is 10.3. The van der Waals surface area contributed by atoms with Crippen LogP contribution in [0.2, 0.25) is 0 Å². The van der Waals surface area contributed by atoms with Gasteiger partial charge < -0.3 is 10.6 Å². The van der Waals surface area contributed by atoms with Crippen LogP contribution in [0.15, 0.2) is 35.3 Å². The Morgan fingerprint density at radius 1 is 1.15 bits per heavy atom. The molecule has 11 heteroatoms. The molecule has 136 valence electrons. The molecule has 0 unspecified atom stereocenters. The van der Waals surface area contributed by atoms with E-state index in [1.165, 1.54) is 7.05 Å². The van der Waals surface area contributed by atoms with Crippen LogP contribution in [-0.4, -0.2) is 48.2 Å². The van der Waals surface area contributed by atoms with E-state index in [9.17, 15) is 9.59 Å². The monoisotopic (exact) mass is 420 g/mol. The first kappa shape index (κ1) is 17.9. The molecule has 0 saturated carbocycles. The van der Waals surface area contributed by atoms with Gasteiger partial charge in [0.25, 0.3) is 11.8 Å². The standard InChI is InChI=1S/C15H17BrN8O2/c1-3-22-8-12(13(21-22)15(26)17-2)19-14(25)11-4-5-23(20-11)9-24-7-10(16)6-18-24/h4-8H,3,9H2,1-2H3,(H,17,26)(H,19,25). The Bertz CT molecular complexity index is 941. The summed E-state index contributed by atoms with van der Waals surface area (Å²) in [5, 5.41) is 17.7. The second-order valence-corrected chi connectivity index (χ2v) is 6.28. The molecule has 10 nitrogen and oxygen atoms in total. The molecule has 3 rings (SSSR count). The Balaban J connectivity index is 1.74. The van der Waals surface area contributed by atoms with E-state index in [0.717, 1.165) is 4.47 Å². The number of carbonyl (C=O) groups excluding carboxylic acids is 2. The largest absolute Gasteiger partial charge is 0.354 e. The summed E-state index contributed by atoms with van der Waals surface area (Å²) in [6.07, 6.45) is 6.76. The molecule has 0 fully saturated rings. The highest BCUT2D eigenvalue weighted by Crippen LogP contribution is 2.15. The Morgan fingerprint density at radius 3 is 2.62 bits per heavy atom. The van der Waals surface area contributed by atoms with Crippen molar-refractivity contribution in [3.8, 4) is 0 Å². The van der Waals surface area contributed by atoms with Gasteiger partial charge in [0.05, 0.1) is 16.4 Å². The van der Waals surface area contributed by atoms with Gasteiger partial charge in [0, 0.05) is 32.2 Å². The second-order valence-electron chi connectivity index (χ2n) is 5.36. The fourth-order valence-corrected chi connectivity index (χ4v) is 2.60. The Labute approximate surface area is 157 Å². The predicted molar refractivity (Wildman–Crippen MR) is 96.8 cm³/mol. The van der Waals surface area contributed by atoms with Crippen molar-refractivity contribution in [1.29, 1.82) is 0 Å². The normalized spacial score (nSPS) is 10.7. The van der Waals surface area contributed by atoms with Crippen LogP contribution >= 0.6 is 15.9 Å². The number of hydrogen-bond acceptors (Lipinski definition) is 5. The molecule has 2 N–H and O–H groups in total. The van der Waals surface area contributed by atoms with Gasteiger partial charge >= 0.3 is 0 Å². The summed E-state index contributed by atoms with van der Waals surface area (Å²) < 4.78 is 5.70. The average molecular weight is 421 g/mol. The lowest BCUT2D eigenvalue weighted by molar-refractivity contribution is 0.0958. The first-order valence-corrected chi connectivity index (χ1v) is 8.61. The van der Waals surface area contributed by atoms with Crippen molar-refractivity contribution in [2.75, 3.05) is 12.4 Å². The Morgan fingerprint density at radius 2 is 1.96 bits per heavy atom. The van der Waals surface area contributed by atoms with Crippen LogP contribution in [0.4, 0.5) is 5.69 Å². The summed E-state index contributed by atoms with van der Waals surface area (Å²) in [5.41, 5.74) is 0.716. The van der Waals surface area contributed by atoms with Crippen LogP contribution in [-0.2, 0) is 13.2 Å². The summed E-state index contributed by atoms with van der Waals surface area (Å²) in [5.74, 6) is -0.798. The third kappa shape index (κ3) is 3.82. The summed E-state index contributed by atoms with van der Waals surface area (Å²) >= 11 is 3.33. The van der Waals surface area contributed by atoms with Gasteiger partial charge in [-0.3, -0.25) is 19.0 Å². The molecule has 3 heterocycles. The van der Waals surface area contributed by atoms with E-state index >= 15 is 0 Å². The van der Waals surface area contributed by atoms with Crippen LogP contribution in [0.25, 0.3) is 0 Å². The van der Waals surface area contributed by atoms with Gasteiger partial charge in [-0.15, -0.1) is 0 Å². The fraction of sp³-hybridized carbons (Fsp3) is 0.267. The minimum absolute atomic E-state index is 0.156. The van der Waals surface area contributed by atoms with E-state index < -0.39 is 5.91 Å². The maximum atomic E-state index is 12.5. The predicted octanol–water partition coefficient (Wildman–Crippen LogP) is 1.18. The zero-order valence-corrected chi connectivity index (χ0v) is 15.8. The minimum atomic E-state index is -0.425. The van der Waals surface area contributed by atoms with Gasteiger partial charge in [0.1, 0.15) is 6.67 Å². The maximum Gasteiger partial charge on any atom is 0.276 e. The minimum Gasteiger partial charge on any atom is -0.354 e. The van der Waals surface area contributed by atoms with Gasteiger partial charge in [-0.2, -0.15) is 15.3 Å². The number of amides is 2. The van der Waals surface area contributed by atoms with Gasteiger partial charge in [0.2, 0.25) is 0 Å². The van der Waals surface area contributed by atoms with E-state index in [0.29, 0.717) is 18.9 Å². The Hall–Kier alpha value is -2.95. The van der Waals surface area contributed by atoms with E-state index in [-0.39, 0.29) is 17.3 Å². The third-order valence-electron chi connectivity index (χ3n) is 3.54. The molecule has 0 aliphatic heterocycles. The molecular weight excluding hydrogens is 404 g/mol. The number of aromatic nitrogens is 6. The quantitative estimate of drug-likeness (QED) is 0.621. The number of halogens is 1. The average Bonchev–Trinajstić information content (AvgIpc) is 3.35. The number of anilines is 1. The number of hydrogen-bond donors (Lipinski definition) is 2. The molecular formula is C15H17BrN8O2. The van der Waals surface area contributed by atoms with Gasteiger partial charge in [-0.25, -0.2) is 4.68 Å². The van der Waals surface area contributed by atoms with Crippen LogP contribution in [0, 0.1) is 0 Å². The van der Waals surface area contributed by atoms with Crippen molar-refractivity contribution in [2.24, 2.45) is 0 Å². The molecule has 2 amide bonds. The molecule has 0 saturated heterocycles. The lowest BCUT2D eigenvalue weighted by Crippen LogP contribution is -2.22. The van der Waals surface area contributed by atoms with E-state index in [2.05, 4.69) is 41.9 Å². The highest BCUT2D eigenvalue weighted by Gasteiger charge is 2.19. The van der Waals surface area contributed by atoms with Gasteiger partial charge in [0.15, 0.2) is 11.4 Å². The van der Waals surface area contributed by atoms with Gasteiger partial charge in [-0.05, 0) is 28.9 Å². The maximum absolute atomic E-state index is 12.5. The Kier molecular flexibility index (Phi) is 5.16. The first-order chi connectivity index (χ1) is 12.5. The van der Waals surface area contributed by atoms with Crippen LogP contribution < -0.4 is 10.6 Å². The highest BCUT2D eigenvalue weighted by molar-refractivity contribution is 9.10. The van der Waals surface area contributed by atoms with Crippen molar-refractivity contribution in [3.63, 3.8) is 0 Å². The van der Waals surface area contributed by atoms with Crippen LogP contribution in [0.1, 0.15) is 27.9 Å². The molecule has 0 radical (unpaired) electrons. The van der Waals surface area contributed by atoms with E-state index in [1.807, 2.05) is 6.92 Å². The molecule has 0 aliphatic rings. The smallest absolute Gasteiger partial charge is 0.276 e. The molecule has 3 aromatic heterocycles. The molecule has 0 aliphatic carbocycles. The number of rotatable bonds is 6. The first-order valence-electron chi connectivity index (χ1n) is 7.82. The summed E-state index contributed by atoms with van der Waals surface area (Å²) in [6.45, 7) is 2.84. The number of nitrogens with zero attached hydrogens (tertiary/aromatic N) is 6. The fourth-order valence-electron chi connectivity index (χ4n) is 2.27. The second kappa shape index (κ2) is 7.52. The van der Waals surface area contributed by atoms with Crippen molar-refractivity contribution in [3.05, 3.63) is 46.7 Å². The third-order valence-corrected chi connectivity index (χ3v) is 3.95. The lowest BCUT2D eigenvalue weighted by Gasteiger charge is -2.03.